The van der Waals surface area contributed by atoms with Gasteiger partial charge in [0.15, 0.2) is 0 Å². The van der Waals surface area contributed by atoms with Gasteiger partial charge in [-0.3, -0.25) is 19.5 Å². The fourth-order valence-corrected chi connectivity index (χ4v) is 3.58. The van der Waals surface area contributed by atoms with Crippen molar-refractivity contribution >= 4 is 29.0 Å². The fourth-order valence-electron chi connectivity index (χ4n) is 3.33. The van der Waals surface area contributed by atoms with Gasteiger partial charge in [-0.05, 0) is 13.0 Å². The predicted octanol–water partition coefficient (Wildman–Crippen LogP) is 2.49. The molecule has 3 aromatic rings. The van der Waals surface area contributed by atoms with Gasteiger partial charge in [0.1, 0.15) is 23.8 Å². The summed E-state index contributed by atoms with van der Waals surface area (Å²) in [6.07, 6.45) is 5.18. The van der Waals surface area contributed by atoms with E-state index in [0.717, 1.165) is 11.6 Å². The first-order valence-corrected chi connectivity index (χ1v) is 9.62. The number of hydrogen-bond acceptors (Lipinski definition) is 7. The average Bonchev–Trinajstić information content (AvgIpc) is 3.28. The Labute approximate surface area is 176 Å². The Kier molecular flexibility index (Phi) is 5.32. The molecule has 0 radical (unpaired) electrons. The minimum absolute atomic E-state index is 0.0769. The number of piperazine rings is 1. The Balaban J connectivity index is 1.47. The second kappa shape index (κ2) is 8.07. The third-order valence-electron chi connectivity index (χ3n) is 4.86. The van der Waals surface area contributed by atoms with Gasteiger partial charge in [0.2, 0.25) is 0 Å². The summed E-state index contributed by atoms with van der Waals surface area (Å²) in [7, 11) is 0. The number of amides is 1. The van der Waals surface area contributed by atoms with Gasteiger partial charge in [-0.25, -0.2) is 15.0 Å². The van der Waals surface area contributed by atoms with Gasteiger partial charge in [0.25, 0.3) is 11.6 Å². The van der Waals surface area contributed by atoms with Crippen molar-refractivity contribution in [3.05, 3.63) is 69.5 Å². The van der Waals surface area contributed by atoms with Crippen LogP contribution in [0.2, 0.25) is 5.02 Å². The average molecular weight is 428 g/mol. The number of hydrogen-bond donors (Lipinski definition) is 0. The number of carbonyl (C=O) groups is 1. The second-order valence-electron chi connectivity index (χ2n) is 6.80. The highest BCUT2D eigenvalue weighted by Gasteiger charge is 2.25. The van der Waals surface area contributed by atoms with E-state index in [2.05, 4.69) is 19.9 Å². The van der Waals surface area contributed by atoms with Gasteiger partial charge in [-0.1, -0.05) is 11.6 Å². The van der Waals surface area contributed by atoms with Gasteiger partial charge in [-0.2, -0.15) is 0 Å². The number of non-ortho nitro benzene ring substituents is 1. The zero-order chi connectivity index (χ0) is 21.3. The van der Waals surface area contributed by atoms with E-state index >= 15 is 0 Å². The number of aromatic nitrogens is 4. The maximum Gasteiger partial charge on any atom is 0.270 e. The predicted molar refractivity (Wildman–Crippen MR) is 110 cm³/mol. The molecule has 1 fully saturated rings. The zero-order valence-electron chi connectivity index (χ0n) is 16.1. The minimum atomic E-state index is -0.541. The van der Waals surface area contributed by atoms with E-state index in [9.17, 15) is 14.9 Å². The molecule has 1 aliphatic heterocycles. The fraction of sp³-hybridized carbons (Fsp3) is 0.263. The maximum absolute atomic E-state index is 12.8. The molecule has 11 heteroatoms. The molecular weight excluding hydrogens is 410 g/mol. The Hall–Kier alpha value is -3.53. The lowest BCUT2D eigenvalue weighted by Gasteiger charge is -2.35. The van der Waals surface area contributed by atoms with Crippen molar-refractivity contribution in [2.24, 2.45) is 0 Å². The Morgan fingerprint density at radius 2 is 1.87 bits per heavy atom. The molecule has 0 saturated carbocycles. The standard InChI is InChI=1S/C19H18ClN7O3/c1-13-22-17(11-18(23-13)26-5-4-21-12-26)24-6-8-25(9-7-24)19(28)15-3-2-14(27(29)30)10-16(15)20/h2-5,10-12H,6-9H2,1H3. The van der Waals surface area contributed by atoms with E-state index < -0.39 is 4.92 Å². The van der Waals surface area contributed by atoms with Crippen LogP contribution in [0.25, 0.3) is 5.82 Å². The molecule has 0 spiro atoms. The minimum Gasteiger partial charge on any atom is -0.353 e. The van der Waals surface area contributed by atoms with E-state index in [1.807, 2.05) is 23.8 Å². The van der Waals surface area contributed by atoms with Crippen molar-refractivity contribution in [2.75, 3.05) is 31.1 Å². The highest BCUT2D eigenvalue weighted by molar-refractivity contribution is 6.34. The van der Waals surface area contributed by atoms with Crippen molar-refractivity contribution in [3.8, 4) is 5.82 Å². The monoisotopic (exact) mass is 427 g/mol. The van der Waals surface area contributed by atoms with E-state index in [1.54, 1.807) is 17.4 Å². The Morgan fingerprint density at radius 3 is 2.50 bits per heavy atom. The number of rotatable bonds is 4. The number of nitrogens with zero attached hydrogens (tertiary/aromatic N) is 7. The van der Waals surface area contributed by atoms with Gasteiger partial charge in [0, 0.05) is 56.8 Å². The lowest BCUT2D eigenvalue weighted by Crippen LogP contribution is -2.49. The molecular formula is C19H18ClN7O3. The van der Waals surface area contributed by atoms with Crippen LogP contribution in [0.4, 0.5) is 11.5 Å². The number of anilines is 1. The maximum atomic E-state index is 12.8. The highest BCUT2D eigenvalue weighted by atomic mass is 35.5. The first-order valence-electron chi connectivity index (χ1n) is 9.24. The van der Waals surface area contributed by atoms with Crippen LogP contribution in [-0.4, -0.2) is 61.4 Å². The lowest BCUT2D eigenvalue weighted by molar-refractivity contribution is -0.384. The van der Waals surface area contributed by atoms with Crippen LogP contribution < -0.4 is 4.90 Å². The SMILES string of the molecule is Cc1nc(N2CCN(C(=O)c3ccc([N+](=O)[O-])cc3Cl)CC2)cc(-n2ccnc2)n1. The second-order valence-corrected chi connectivity index (χ2v) is 7.21. The summed E-state index contributed by atoms with van der Waals surface area (Å²) in [6, 6.07) is 5.78. The quantitative estimate of drug-likeness (QED) is 0.464. The molecule has 154 valence electrons. The number of benzene rings is 1. The molecule has 0 unspecified atom stereocenters. The molecule has 3 heterocycles. The highest BCUT2D eigenvalue weighted by Crippen LogP contribution is 2.25. The van der Waals surface area contributed by atoms with E-state index in [0.29, 0.717) is 32.0 Å². The summed E-state index contributed by atoms with van der Waals surface area (Å²) in [5, 5.41) is 10.9. The summed E-state index contributed by atoms with van der Waals surface area (Å²) in [5.41, 5.74) is 0.116. The third-order valence-corrected chi connectivity index (χ3v) is 5.18. The number of nitro groups is 1. The van der Waals surface area contributed by atoms with Crippen LogP contribution in [0.5, 0.6) is 0 Å². The Morgan fingerprint density at radius 1 is 1.13 bits per heavy atom. The van der Waals surface area contributed by atoms with Crippen LogP contribution in [-0.2, 0) is 0 Å². The van der Waals surface area contributed by atoms with Gasteiger partial charge in [-0.15, -0.1) is 0 Å². The topological polar surface area (TPSA) is 110 Å². The summed E-state index contributed by atoms with van der Waals surface area (Å²) in [5.74, 6) is 1.91. The zero-order valence-corrected chi connectivity index (χ0v) is 16.9. The Bertz CT molecular complexity index is 1100. The van der Waals surface area contributed by atoms with Crippen LogP contribution >= 0.6 is 11.6 Å². The smallest absolute Gasteiger partial charge is 0.270 e. The van der Waals surface area contributed by atoms with Gasteiger partial charge in [0.05, 0.1) is 15.5 Å². The number of nitro benzene ring substituents is 1. The number of imidazole rings is 1. The van der Waals surface area contributed by atoms with E-state index in [4.69, 9.17) is 11.6 Å². The van der Waals surface area contributed by atoms with Crippen molar-refractivity contribution < 1.29 is 9.72 Å². The molecule has 0 N–H and O–H groups in total. The number of halogens is 1. The van der Waals surface area contributed by atoms with E-state index in [-0.39, 0.29) is 22.2 Å². The van der Waals surface area contributed by atoms with Crippen molar-refractivity contribution in [1.29, 1.82) is 0 Å². The molecule has 2 aromatic heterocycles. The molecule has 4 rings (SSSR count). The summed E-state index contributed by atoms with van der Waals surface area (Å²) in [4.78, 5) is 39.9. The molecule has 30 heavy (non-hydrogen) atoms. The molecule has 0 atom stereocenters. The first kappa shape index (κ1) is 19.8. The van der Waals surface area contributed by atoms with Crippen molar-refractivity contribution in [1.82, 2.24) is 24.4 Å². The first-order chi connectivity index (χ1) is 14.4. The molecule has 0 aliphatic carbocycles. The molecule has 1 saturated heterocycles. The molecule has 0 bridgehead atoms. The van der Waals surface area contributed by atoms with Crippen LogP contribution in [0.15, 0.2) is 43.0 Å². The van der Waals surface area contributed by atoms with Crippen LogP contribution in [0, 0.1) is 17.0 Å². The van der Waals surface area contributed by atoms with Crippen LogP contribution in [0.1, 0.15) is 16.2 Å². The number of aryl methyl sites for hydroxylation is 1. The van der Waals surface area contributed by atoms with E-state index in [1.165, 1.54) is 18.2 Å². The normalized spacial score (nSPS) is 14.1. The largest absolute Gasteiger partial charge is 0.353 e. The van der Waals surface area contributed by atoms with Gasteiger partial charge < -0.3 is 9.80 Å². The van der Waals surface area contributed by atoms with Crippen molar-refractivity contribution in [2.45, 2.75) is 6.92 Å². The molecule has 1 aromatic carbocycles. The summed E-state index contributed by atoms with van der Waals surface area (Å²) < 4.78 is 1.81. The summed E-state index contributed by atoms with van der Waals surface area (Å²) >= 11 is 6.11. The molecule has 1 amide bonds. The summed E-state index contributed by atoms with van der Waals surface area (Å²) in [6.45, 7) is 3.98. The molecule has 10 nitrogen and oxygen atoms in total. The third kappa shape index (κ3) is 3.94. The van der Waals surface area contributed by atoms with Crippen molar-refractivity contribution in [3.63, 3.8) is 0 Å². The number of carbonyl (C=O) groups excluding carboxylic acids is 1. The van der Waals surface area contributed by atoms with Gasteiger partial charge >= 0.3 is 0 Å². The lowest BCUT2D eigenvalue weighted by atomic mass is 10.1. The van der Waals surface area contributed by atoms with Crippen LogP contribution in [0.3, 0.4) is 0 Å². The molecule has 1 aliphatic rings.